The van der Waals surface area contributed by atoms with Gasteiger partial charge in [-0.05, 0) is 24.6 Å². The molecule has 2 aromatic carbocycles. The van der Waals surface area contributed by atoms with Crippen LogP contribution in [0.3, 0.4) is 0 Å². The van der Waals surface area contributed by atoms with Crippen LogP contribution in [0.15, 0.2) is 59.4 Å². The molecular weight excluding hydrogens is 380 g/mol. The molecule has 0 aliphatic rings. The van der Waals surface area contributed by atoms with Gasteiger partial charge >= 0.3 is 0 Å². The molecule has 2 heterocycles. The molecule has 8 heteroatoms. The van der Waals surface area contributed by atoms with Crippen LogP contribution in [0, 0.1) is 24.8 Å². The highest BCUT2D eigenvalue weighted by molar-refractivity contribution is 6.06. The standard InChI is InChI=1S/C22H14N6O2/c1-13-17(22(30)25-16-11-7-6-10-15(16)12-23)19(29)21-26-20(24-2)18(28(21)27-13)14-8-4-3-5-9-14/h3-11,27H,1H3,(H,25,30). The van der Waals surface area contributed by atoms with E-state index in [0.717, 1.165) is 0 Å². The monoisotopic (exact) mass is 394 g/mol. The van der Waals surface area contributed by atoms with Gasteiger partial charge in [-0.25, -0.2) is 4.52 Å². The van der Waals surface area contributed by atoms with E-state index in [0.29, 0.717) is 22.6 Å². The summed E-state index contributed by atoms with van der Waals surface area (Å²) in [6, 6.07) is 17.6. The maximum Gasteiger partial charge on any atom is 0.298 e. The second-order valence-electron chi connectivity index (χ2n) is 6.47. The van der Waals surface area contributed by atoms with Gasteiger partial charge in [0.05, 0.1) is 11.3 Å². The molecule has 0 atom stereocenters. The third-order valence-electron chi connectivity index (χ3n) is 4.62. The topological polar surface area (TPSA) is 107 Å². The van der Waals surface area contributed by atoms with Gasteiger partial charge < -0.3 is 10.2 Å². The highest BCUT2D eigenvalue weighted by Gasteiger charge is 2.25. The van der Waals surface area contributed by atoms with Gasteiger partial charge in [0.15, 0.2) is 0 Å². The number of hydrogen-bond acceptors (Lipinski definition) is 4. The van der Waals surface area contributed by atoms with E-state index in [-0.39, 0.29) is 22.6 Å². The molecule has 0 fully saturated rings. The molecule has 4 rings (SSSR count). The maximum absolute atomic E-state index is 13.1. The minimum Gasteiger partial charge on any atom is -0.359 e. The van der Waals surface area contributed by atoms with E-state index in [2.05, 4.69) is 20.2 Å². The number of anilines is 1. The van der Waals surface area contributed by atoms with Crippen LogP contribution in [-0.4, -0.2) is 20.5 Å². The van der Waals surface area contributed by atoms with Gasteiger partial charge in [0, 0.05) is 5.69 Å². The first-order valence-corrected chi connectivity index (χ1v) is 8.94. The molecule has 0 unspecified atom stereocenters. The SMILES string of the molecule is [C-]#[N+]c1nc2c(=O)c(C(=O)Nc3ccccc3C#N)c(C)[nH]n2c1-c1ccccc1. The molecule has 8 nitrogen and oxygen atoms in total. The van der Waals surface area contributed by atoms with Gasteiger partial charge in [-0.2, -0.15) is 5.26 Å². The van der Waals surface area contributed by atoms with Crippen LogP contribution >= 0.6 is 0 Å². The summed E-state index contributed by atoms with van der Waals surface area (Å²) in [5.41, 5.74) is 1.27. The normalized spacial score (nSPS) is 10.4. The molecule has 0 aliphatic heterocycles. The van der Waals surface area contributed by atoms with Crippen molar-refractivity contribution < 1.29 is 4.79 Å². The molecule has 2 aromatic heterocycles. The fourth-order valence-electron chi connectivity index (χ4n) is 3.26. The van der Waals surface area contributed by atoms with Crippen LogP contribution < -0.4 is 10.7 Å². The average molecular weight is 394 g/mol. The summed E-state index contributed by atoms with van der Waals surface area (Å²) in [4.78, 5) is 33.6. The molecule has 144 valence electrons. The number of hydrogen-bond donors (Lipinski definition) is 2. The molecule has 1 amide bonds. The Hall–Kier alpha value is -4.69. The number of carbonyl (C=O) groups is 1. The van der Waals surface area contributed by atoms with Crippen molar-refractivity contribution in [2.75, 3.05) is 5.32 Å². The molecule has 30 heavy (non-hydrogen) atoms. The number of amides is 1. The van der Waals surface area contributed by atoms with Crippen LogP contribution in [0.2, 0.25) is 0 Å². The summed E-state index contributed by atoms with van der Waals surface area (Å²) in [6.45, 7) is 9.04. The maximum atomic E-state index is 13.1. The molecule has 4 aromatic rings. The van der Waals surface area contributed by atoms with E-state index < -0.39 is 11.3 Å². The Labute approximate surface area is 170 Å². The predicted octanol–water partition coefficient (Wildman–Crippen LogP) is 3.67. The Morgan fingerprint density at radius 2 is 1.90 bits per heavy atom. The third kappa shape index (κ3) is 2.99. The number of aryl methyl sites for hydroxylation is 1. The van der Waals surface area contributed by atoms with Gasteiger partial charge in [0.25, 0.3) is 22.8 Å². The first kappa shape index (κ1) is 18.7. The number of imidazole rings is 1. The highest BCUT2D eigenvalue weighted by Crippen LogP contribution is 2.30. The number of fused-ring (bicyclic) bond motifs is 1. The summed E-state index contributed by atoms with van der Waals surface area (Å²) >= 11 is 0. The number of benzene rings is 2. The largest absolute Gasteiger partial charge is 0.359 e. The lowest BCUT2D eigenvalue weighted by Crippen LogP contribution is -2.26. The Morgan fingerprint density at radius 1 is 1.20 bits per heavy atom. The number of aromatic nitrogens is 3. The lowest BCUT2D eigenvalue weighted by Gasteiger charge is -2.10. The number of H-pyrrole nitrogens is 1. The van der Waals surface area contributed by atoms with Crippen LogP contribution in [-0.2, 0) is 0 Å². The summed E-state index contributed by atoms with van der Waals surface area (Å²) in [5, 5.41) is 14.8. The van der Waals surface area contributed by atoms with Crippen LogP contribution in [0.5, 0.6) is 0 Å². The first-order valence-electron chi connectivity index (χ1n) is 8.94. The fourth-order valence-corrected chi connectivity index (χ4v) is 3.26. The Bertz CT molecular complexity index is 1430. The first-order chi connectivity index (χ1) is 14.5. The van der Waals surface area contributed by atoms with Crippen LogP contribution in [0.1, 0.15) is 21.6 Å². The summed E-state index contributed by atoms with van der Waals surface area (Å²) < 4.78 is 1.43. The third-order valence-corrected chi connectivity index (χ3v) is 4.62. The quantitative estimate of drug-likeness (QED) is 0.517. The van der Waals surface area contributed by atoms with E-state index in [9.17, 15) is 14.9 Å². The second kappa shape index (κ2) is 7.38. The van der Waals surface area contributed by atoms with Crippen molar-refractivity contribution in [3.8, 4) is 17.3 Å². The van der Waals surface area contributed by atoms with Gasteiger partial charge in [-0.15, -0.1) is 0 Å². The fraction of sp³-hybridized carbons (Fsp3) is 0.0455. The van der Waals surface area contributed by atoms with E-state index in [4.69, 9.17) is 6.57 Å². The molecule has 0 spiro atoms. The number of para-hydroxylation sites is 1. The van der Waals surface area contributed by atoms with E-state index in [1.807, 2.05) is 36.4 Å². The van der Waals surface area contributed by atoms with Crippen molar-refractivity contribution in [1.82, 2.24) is 14.6 Å². The van der Waals surface area contributed by atoms with Crippen molar-refractivity contribution in [3.63, 3.8) is 0 Å². The van der Waals surface area contributed by atoms with Crippen molar-refractivity contribution in [3.05, 3.63) is 93.1 Å². The van der Waals surface area contributed by atoms with Crippen LogP contribution in [0.25, 0.3) is 21.7 Å². The Kier molecular flexibility index (Phi) is 4.59. The van der Waals surface area contributed by atoms with Gasteiger partial charge in [0.1, 0.15) is 17.3 Å². The zero-order valence-corrected chi connectivity index (χ0v) is 15.8. The number of nitrogens with zero attached hydrogens (tertiary/aromatic N) is 4. The molecule has 0 saturated carbocycles. The Morgan fingerprint density at radius 3 is 2.60 bits per heavy atom. The van der Waals surface area contributed by atoms with Crippen molar-refractivity contribution in [1.29, 1.82) is 5.26 Å². The average Bonchev–Trinajstić information content (AvgIpc) is 3.13. The van der Waals surface area contributed by atoms with Crippen LogP contribution in [0.4, 0.5) is 11.5 Å². The van der Waals surface area contributed by atoms with Gasteiger partial charge in [-0.1, -0.05) is 54.0 Å². The lowest BCUT2D eigenvalue weighted by atomic mass is 10.1. The Balaban J connectivity index is 1.88. The molecule has 0 bridgehead atoms. The summed E-state index contributed by atoms with van der Waals surface area (Å²) in [7, 11) is 0. The van der Waals surface area contributed by atoms with Gasteiger partial charge in [-0.3, -0.25) is 14.7 Å². The highest BCUT2D eigenvalue weighted by atomic mass is 16.2. The van der Waals surface area contributed by atoms with Gasteiger partial charge in [0.2, 0.25) is 0 Å². The smallest absolute Gasteiger partial charge is 0.298 e. The molecular formula is C22H14N6O2. The zero-order valence-electron chi connectivity index (χ0n) is 15.8. The molecule has 0 aliphatic carbocycles. The lowest BCUT2D eigenvalue weighted by molar-refractivity contribution is 0.102. The van der Waals surface area contributed by atoms with E-state index in [1.165, 1.54) is 4.52 Å². The second-order valence-corrected chi connectivity index (χ2v) is 6.47. The molecule has 0 saturated heterocycles. The zero-order chi connectivity index (χ0) is 21.3. The van der Waals surface area contributed by atoms with E-state index in [1.54, 1.807) is 31.2 Å². The number of nitrogens with one attached hydrogen (secondary N) is 2. The van der Waals surface area contributed by atoms with E-state index >= 15 is 0 Å². The number of aromatic amines is 1. The number of carbonyl (C=O) groups excluding carboxylic acids is 1. The minimum absolute atomic E-state index is 0.0517. The van der Waals surface area contributed by atoms with Crippen molar-refractivity contribution in [2.45, 2.75) is 6.92 Å². The molecule has 2 N–H and O–H groups in total. The number of nitriles is 1. The summed E-state index contributed by atoms with van der Waals surface area (Å²) in [6.07, 6.45) is 0. The molecule has 0 radical (unpaired) electrons. The van der Waals surface area contributed by atoms with Crippen molar-refractivity contribution >= 4 is 23.1 Å². The van der Waals surface area contributed by atoms with Crippen molar-refractivity contribution in [2.24, 2.45) is 0 Å². The predicted molar refractivity (Wildman–Crippen MR) is 111 cm³/mol. The number of rotatable bonds is 3. The minimum atomic E-state index is -0.660. The summed E-state index contributed by atoms with van der Waals surface area (Å²) in [5.74, 6) is -0.603.